The van der Waals surface area contributed by atoms with E-state index in [2.05, 4.69) is 15.2 Å². The number of hydrogen-bond donors (Lipinski definition) is 1. The van der Waals surface area contributed by atoms with Crippen molar-refractivity contribution in [2.45, 2.75) is 42.1 Å². The van der Waals surface area contributed by atoms with Gasteiger partial charge in [-0.1, -0.05) is 12.1 Å². The molecule has 2 aromatic rings. The van der Waals surface area contributed by atoms with Gasteiger partial charge < -0.3 is 15.0 Å². The SMILES string of the molecule is O=C(CN1CCc2ccc(C(F)(F)F)cc2C1=O)NC1CN(C2CCOC2)C[C@@H]1SCc1ccccn1. The number of thioether (sulfide) groups is 1. The van der Waals surface area contributed by atoms with Crippen LogP contribution in [0.5, 0.6) is 0 Å². The van der Waals surface area contributed by atoms with Crippen LogP contribution in [0.15, 0.2) is 42.6 Å². The molecule has 0 bridgehead atoms. The molecule has 0 saturated carbocycles. The number of aromatic nitrogens is 1. The molecule has 0 aliphatic carbocycles. The van der Waals surface area contributed by atoms with Crippen molar-refractivity contribution in [3.63, 3.8) is 0 Å². The predicted octanol–water partition coefficient (Wildman–Crippen LogP) is 2.99. The first kappa shape index (κ1) is 26.0. The van der Waals surface area contributed by atoms with E-state index in [1.54, 1.807) is 18.0 Å². The minimum Gasteiger partial charge on any atom is -0.380 e. The molecule has 4 heterocycles. The van der Waals surface area contributed by atoms with Crippen molar-refractivity contribution in [3.05, 3.63) is 65.0 Å². The summed E-state index contributed by atoms with van der Waals surface area (Å²) in [6.45, 7) is 3.02. The number of ether oxygens (including phenoxy) is 1. The summed E-state index contributed by atoms with van der Waals surface area (Å²) in [5.74, 6) is -0.128. The lowest BCUT2D eigenvalue weighted by Crippen LogP contribution is -2.49. The molecule has 0 spiro atoms. The van der Waals surface area contributed by atoms with E-state index >= 15 is 0 Å². The van der Waals surface area contributed by atoms with Crippen molar-refractivity contribution in [2.75, 3.05) is 39.4 Å². The number of halogens is 3. The van der Waals surface area contributed by atoms with Crippen LogP contribution >= 0.6 is 11.8 Å². The number of alkyl halides is 3. The van der Waals surface area contributed by atoms with Gasteiger partial charge in [-0.25, -0.2) is 0 Å². The monoisotopic (exact) mass is 534 g/mol. The number of pyridine rings is 1. The zero-order valence-electron chi connectivity index (χ0n) is 20.2. The van der Waals surface area contributed by atoms with Crippen molar-refractivity contribution < 1.29 is 27.5 Å². The molecule has 2 unspecified atom stereocenters. The van der Waals surface area contributed by atoms with Crippen LogP contribution < -0.4 is 5.32 Å². The maximum atomic E-state index is 13.2. The van der Waals surface area contributed by atoms with Gasteiger partial charge in [0.2, 0.25) is 5.91 Å². The second-order valence-corrected chi connectivity index (χ2v) is 10.9. The van der Waals surface area contributed by atoms with Gasteiger partial charge in [-0.15, -0.1) is 11.8 Å². The summed E-state index contributed by atoms with van der Waals surface area (Å²) in [5, 5.41) is 3.25. The molecular formula is C26H29F3N4O3S. The molecule has 11 heteroatoms. The van der Waals surface area contributed by atoms with E-state index in [1.165, 1.54) is 11.0 Å². The van der Waals surface area contributed by atoms with E-state index in [0.29, 0.717) is 37.7 Å². The van der Waals surface area contributed by atoms with Crippen molar-refractivity contribution in [1.82, 2.24) is 20.1 Å². The second kappa shape index (κ2) is 11.0. The van der Waals surface area contributed by atoms with Gasteiger partial charge in [0.15, 0.2) is 0 Å². The molecule has 1 N–H and O–H groups in total. The van der Waals surface area contributed by atoms with Gasteiger partial charge in [0.1, 0.15) is 0 Å². The molecule has 3 aliphatic rings. The summed E-state index contributed by atoms with van der Waals surface area (Å²) in [4.78, 5) is 34.1. The predicted molar refractivity (Wildman–Crippen MR) is 133 cm³/mol. The average Bonchev–Trinajstić information content (AvgIpc) is 3.55. The zero-order valence-corrected chi connectivity index (χ0v) is 21.1. The van der Waals surface area contributed by atoms with Gasteiger partial charge in [-0.3, -0.25) is 19.5 Å². The number of nitrogens with one attached hydrogen (secondary N) is 1. The maximum absolute atomic E-state index is 13.2. The summed E-state index contributed by atoms with van der Waals surface area (Å²) in [5.41, 5.74) is 0.702. The van der Waals surface area contributed by atoms with Gasteiger partial charge in [-0.2, -0.15) is 13.2 Å². The van der Waals surface area contributed by atoms with Crippen molar-refractivity contribution >= 4 is 23.6 Å². The molecule has 2 amide bonds. The van der Waals surface area contributed by atoms with Crippen LogP contribution in [-0.2, 0) is 27.9 Å². The Morgan fingerprint density at radius 1 is 1.22 bits per heavy atom. The van der Waals surface area contributed by atoms with E-state index in [1.807, 2.05) is 18.2 Å². The number of rotatable bonds is 7. The minimum absolute atomic E-state index is 0.0194. The number of likely N-dealkylation sites (tertiary alicyclic amines) is 1. The number of hydrogen-bond acceptors (Lipinski definition) is 6. The number of benzene rings is 1. The topological polar surface area (TPSA) is 74.8 Å². The molecule has 2 fully saturated rings. The molecule has 1 aromatic heterocycles. The third-order valence-corrected chi connectivity index (χ3v) is 8.54. The van der Waals surface area contributed by atoms with Crippen molar-refractivity contribution in [3.8, 4) is 0 Å². The molecule has 3 atom stereocenters. The van der Waals surface area contributed by atoms with Gasteiger partial charge in [0.05, 0.1) is 30.5 Å². The van der Waals surface area contributed by atoms with Crippen LogP contribution in [0.2, 0.25) is 0 Å². The Hall–Kier alpha value is -2.63. The van der Waals surface area contributed by atoms with Crippen molar-refractivity contribution in [1.29, 1.82) is 0 Å². The van der Waals surface area contributed by atoms with E-state index < -0.39 is 17.6 Å². The third-order valence-electron chi connectivity index (χ3n) is 7.17. The second-order valence-electron chi connectivity index (χ2n) is 9.66. The Balaban J connectivity index is 1.23. The van der Waals surface area contributed by atoms with Crippen LogP contribution in [0.25, 0.3) is 0 Å². The number of fused-ring (bicyclic) bond motifs is 1. The lowest BCUT2D eigenvalue weighted by atomic mass is 9.96. The molecule has 2 saturated heterocycles. The highest BCUT2D eigenvalue weighted by Crippen LogP contribution is 2.32. The summed E-state index contributed by atoms with van der Waals surface area (Å²) < 4.78 is 45.1. The van der Waals surface area contributed by atoms with E-state index in [9.17, 15) is 22.8 Å². The molecule has 5 rings (SSSR count). The van der Waals surface area contributed by atoms with Crippen LogP contribution in [0, 0.1) is 0 Å². The fourth-order valence-corrected chi connectivity index (χ4v) is 6.41. The van der Waals surface area contributed by atoms with Crippen molar-refractivity contribution in [2.24, 2.45) is 0 Å². The molecular weight excluding hydrogens is 505 g/mol. The van der Waals surface area contributed by atoms with Crippen LogP contribution in [-0.4, -0.2) is 83.3 Å². The van der Waals surface area contributed by atoms with Crippen LogP contribution in [0.1, 0.15) is 33.6 Å². The smallest absolute Gasteiger partial charge is 0.380 e. The highest BCUT2D eigenvalue weighted by molar-refractivity contribution is 7.99. The molecule has 37 heavy (non-hydrogen) atoms. The number of nitrogens with zero attached hydrogens (tertiary/aromatic N) is 3. The normalized spacial score (nSPS) is 24.4. The average molecular weight is 535 g/mol. The molecule has 198 valence electrons. The Labute approximate surface area is 217 Å². The van der Waals surface area contributed by atoms with Gasteiger partial charge in [0, 0.05) is 55.0 Å². The highest BCUT2D eigenvalue weighted by Gasteiger charge is 2.39. The van der Waals surface area contributed by atoms with Crippen LogP contribution in [0.3, 0.4) is 0 Å². The molecule has 1 aromatic carbocycles. The van der Waals surface area contributed by atoms with E-state index in [-0.39, 0.29) is 29.3 Å². The Bertz CT molecular complexity index is 1130. The largest absolute Gasteiger partial charge is 0.416 e. The number of carbonyl (C=O) groups excluding carboxylic acids is 2. The fourth-order valence-electron chi connectivity index (χ4n) is 5.17. The molecule has 7 nitrogen and oxygen atoms in total. The Kier molecular flexibility index (Phi) is 7.73. The molecule has 0 radical (unpaired) electrons. The number of amides is 2. The fraction of sp³-hybridized carbons (Fsp3) is 0.500. The van der Waals surface area contributed by atoms with E-state index in [4.69, 9.17) is 4.74 Å². The van der Waals surface area contributed by atoms with Gasteiger partial charge in [0.25, 0.3) is 5.91 Å². The Morgan fingerprint density at radius 3 is 2.81 bits per heavy atom. The van der Waals surface area contributed by atoms with Crippen LogP contribution in [0.4, 0.5) is 13.2 Å². The number of carbonyl (C=O) groups is 2. The third kappa shape index (κ3) is 6.10. The zero-order chi connectivity index (χ0) is 26.0. The van der Waals surface area contributed by atoms with Gasteiger partial charge >= 0.3 is 6.18 Å². The molecule has 3 aliphatic heterocycles. The van der Waals surface area contributed by atoms with Gasteiger partial charge in [-0.05, 0) is 42.7 Å². The summed E-state index contributed by atoms with van der Waals surface area (Å²) >= 11 is 1.74. The first-order chi connectivity index (χ1) is 17.8. The quantitative estimate of drug-likeness (QED) is 0.589. The Morgan fingerprint density at radius 2 is 2.08 bits per heavy atom. The summed E-state index contributed by atoms with van der Waals surface area (Å²) in [6, 6.07) is 9.25. The standard InChI is InChI=1S/C26H29F3N4O3S/c27-26(28,29)18-5-4-17-6-9-32(25(35)21(17)11-18)14-24(34)31-22-12-33(20-7-10-36-15-20)13-23(22)37-16-19-3-1-2-8-30-19/h1-5,8,11,20,22-23H,6-7,9-10,12-16H2,(H,31,34)/t20?,22?,23-/m0/s1. The summed E-state index contributed by atoms with van der Waals surface area (Å²) in [6.07, 6.45) is -1.40. The summed E-state index contributed by atoms with van der Waals surface area (Å²) in [7, 11) is 0. The maximum Gasteiger partial charge on any atom is 0.416 e. The first-order valence-corrected chi connectivity index (χ1v) is 13.4. The first-order valence-electron chi connectivity index (χ1n) is 12.4. The highest BCUT2D eigenvalue weighted by atomic mass is 32.2. The lowest BCUT2D eigenvalue weighted by Gasteiger charge is -2.29. The minimum atomic E-state index is -4.53. The van der Waals surface area contributed by atoms with E-state index in [0.717, 1.165) is 43.2 Å². The lowest BCUT2D eigenvalue weighted by molar-refractivity contribution is -0.137.